The average Bonchev–Trinajstić information content (AvgIpc) is 3.21. The van der Waals surface area contributed by atoms with Gasteiger partial charge in [-0.1, -0.05) is 189 Å². The van der Waals surface area contributed by atoms with E-state index in [1.807, 2.05) is 54.7 Å². The van der Waals surface area contributed by atoms with Crippen LogP contribution in [0.2, 0.25) is 0 Å². The van der Waals surface area contributed by atoms with Gasteiger partial charge in [0.05, 0.1) is 0 Å². The van der Waals surface area contributed by atoms with E-state index >= 15 is 0 Å². The Labute approximate surface area is 350 Å². The maximum Gasteiger partial charge on any atom is 0.306 e. The normalized spacial score (nSPS) is 12.8. The SMILES string of the molecule is CC\C=C/C=C\C=C/C=C\C=C/CCCC(=O)OC(COC(=O)CCCCCCC/C=C\CCCC)COC(=O)CCCCCCCCC/C=C\CCCCCC. The van der Waals surface area contributed by atoms with Crippen LogP contribution in [0.15, 0.2) is 85.1 Å². The minimum Gasteiger partial charge on any atom is -0.462 e. The summed E-state index contributed by atoms with van der Waals surface area (Å²) >= 11 is 0. The monoisotopic (exact) mass is 793 g/mol. The Bertz CT molecular complexity index is 1140. The summed E-state index contributed by atoms with van der Waals surface area (Å²) in [5.41, 5.74) is 0. The number of carbonyl (C=O) groups excluding carboxylic acids is 3. The van der Waals surface area contributed by atoms with Crippen molar-refractivity contribution in [3.8, 4) is 0 Å². The molecule has 324 valence electrons. The van der Waals surface area contributed by atoms with Crippen LogP contribution in [0.25, 0.3) is 0 Å². The Kier molecular flexibility index (Phi) is 42.6. The van der Waals surface area contributed by atoms with Crippen LogP contribution in [0.4, 0.5) is 0 Å². The molecule has 0 N–H and O–H groups in total. The van der Waals surface area contributed by atoms with Crippen molar-refractivity contribution in [2.75, 3.05) is 13.2 Å². The van der Waals surface area contributed by atoms with Gasteiger partial charge in [-0.3, -0.25) is 14.4 Å². The second-order valence-electron chi connectivity index (χ2n) is 15.0. The molecule has 0 aromatic heterocycles. The van der Waals surface area contributed by atoms with Gasteiger partial charge in [0.2, 0.25) is 0 Å². The molecule has 0 bridgehead atoms. The van der Waals surface area contributed by atoms with E-state index in [2.05, 4.69) is 51.2 Å². The van der Waals surface area contributed by atoms with E-state index in [4.69, 9.17) is 14.2 Å². The molecule has 0 heterocycles. The van der Waals surface area contributed by atoms with Crippen molar-refractivity contribution in [2.45, 2.75) is 207 Å². The summed E-state index contributed by atoms with van der Waals surface area (Å²) in [6.07, 6.45) is 57.1. The summed E-state index contributed by atoms with van der Waals surface area (Å²) in [6.45, 7) is 6.35. The first-order valence-corrected chi connectivity index (χ1v) is 23.2. The van der Waals surface area contributed by atoms with E-state index < -0.39 is 6.10 Å². The molecule has 0 saturated heterocycles. The second-order valence-corrected chi connectivity index (χ2v) is 15.0. The predicted molar refractivity (Wildman–Crippen MR) is 242 cm³/mol. The molecular weight excluding hydrogens is 709 g/mol. The third kappa shape index (κ3) is 43.6. The number of hydrogen-bond donors (Lipinski definition) is 0. The van der Waals surface area contributed by atoms with Crippen molar-refractivity contribution >= 4 is 17.9 Å². The van der Waals surface area contributed by atoms with Crippen molar-refractivity contribution in [2.24, 2.45) is 0 Å². The Morgan fingerprint density at radius 2 is 0.737 bits per heavy atom. The molecule has 0 aromatic carbocycles. The van der Waals surface area contributed by atoms with Crippen LogP contribution >= 0.6 is 0 Å². The van der Waals surface area contributed by atoms with Gasteiger partial charge in [0, 0.05) is 19.3 Å². The van der Waals surface area contributed by atoms with Gasteiger partial charge in [-0.2, -0.15) is 0 Å². The maximum absolute atomic E-state index is 12.7. The third-order valence-corrected chi connectivity index (χ3v) is 9.48. The van der Waals surface area contributed by atoms with E-state index in [-0.39, 0.29) is 37.5 Å². The number of ether oxygens (including phenoxy) is 3. The molecule has 0 fully saturated rings. The molecule has 0 saturated carbocycles. The van der Waals surface area contributed by atoms with Crippen LogP contribution < -0.4 is 0 Å². The molecular formula is C51H84O6. The first kappa shape index (κ1) is 53.6. The fraction of sp³-hybridized carbons (Fsp3) is 0.667. The van der Waals surface area contributed by atoms with Crippen LogP contribution in [0, 0.1) is 0 Å². The summed E-state index contributed by atoms with van der Waals surface area (Å²) in [5.74, 6) is -1.01. The lowest BCUT2D eigenvalue weighted by Crippen LogP contribution is -2.30. The van der Waals surface area contributed by atoms with Crippen molar-refractivity contribution in [3.05, 3.63) is 85.1 Å². The number of hydrogen-bond acceptors (Lipinski definition) is 6. The van der Waals surface area contributed by atoms with Crippen LogP contribution in [0.3, 0.4) is 0 Å². The lowest BCUT2D eigenvalue weighted by atomic mass is 10.1. The zero-order valence-corrected chi connectivity index (χ0v) is 36.8. The first-order chi connectivity index (χ1) is 28.0. The minimum atomic E-state index is -0.816. The Balaban J connectivity index is 4.50. The van der Waals surface area contributed by atoms with E-state index in [1.54, 1.807) is 0 Å². The highest BCUT2D eigenvalue weighted by Crippen LogP contribution is 2.13. The first-order valence-electron chi connectivity index (χ1n) is 23.2. The lowest BCUT2D eigenvalue weighted by Gasteiger charge is -2.18. The maximum atomic E-state index is 12.7. The van der Waals surface area contributed by atoms with E-state index in [1.165, 1.54) is 89.9 Å². The largest absolute Gasteiger partial charge is 0.462 e. The van der Waals surface area contributed by atoms with Gasteiger partial charge >= 0.3 is 17.9 Å². The van der Waals surface area contributed by atoms with Crippen LogP contribution in [-0.4, -0.2) is 37.2 Å². The van der Waals surface area contributed by atoms with Gasteiger partial charge in [0.15, 0.2) is 6.10 Å². The van der Waals surface area contributed by atoms with Gasteiger partial charge in [0.25, 0.3) is 0 Å². The van der Waals surface area contributed by atoms with Crippen LogP contribution in [-0.2, 0) is 28.6 Å². The second kappa shape index (κ2) is 45.3. The zero-order chi connectivity index (χ0) is 41.5. The molecule has 0 spiro atoms. The molecule has 0 aliphatic heterocycles. The van der Waals surface area contributed by atoms with Crippen LogP contribution in [0.1, 0.15) is 201 Å². The van der Waals surface area contributed by atoms with E-state index in [9.17, 15) is 14.4 Å². The van der Waals surface area contributed by atoms with Gasteiger partial charge in [0.1, 0.15) is 13.2 Å². The molecule has 6 heteroatoms. The summed E-state index contributed by atoms with van der Waals surface area (Å²) in [6, 6.07) is 0. The topological polar surface area (TPSA) is 78.9 Å². The Morgan fingerprint density at radius 1 is 0.368 bits per heavy atom. The fourth-order valence-electron chi connectivity index (χ4n) is 5.98. The highest BCUT2D eigenvalue weighted by atomic mass is 16.6. The molecule has 0 amide bonds. The molecule has 0 rings (SSSR count). The van der Waals surface area contributed by atoms with Gasteiger partial charge < -0.3 is 14.2 Å². The van der Waals surface area contributed by atoms with E-state index in [0.717, 1.165) is 64.2 Å². The number of esters is 3. The molecule has 6 nitrogen and oxygen atoms in total. The third-order valence-electron chi connectivity index (χ3n) is 9.48. The van der Waals surface area contributed by atoms with Crippen molar-refractivity contribution < 1.29 is 28.6 Å². The highest BCUT2D eigenvalue weighted by Gasteiger charge is 2.19. The predicted octanol–water partition coefficient (Wildman–Crippen LogP) is 14.9. The number of rotatable bonds is 40. The molecule has 0 aromatic rings. The van der Waals surface area contributed by atoms with Gasteiger partial charge in [-0.15, -0.1) is 0 Å². The highest BCUT2D eigenvalue weighted by molar-refractivity contribution is 5.71. The number of unbranched alkanes of at least 4 members (excludes halogenated alkanes) is 19. The summed E-state index contributed by atoms with van der Waals surface area (Å²) in [5, 5.41) is 0. The van der Waals surface area contributed by atoms with Crippen molar-refractivity contribution in [1.82, 2.24) is 0 Å². The molecule has 57 heavy (non-hydrogen) atoms. The molecule has 1 unspecified atom stereocenters. The van der Waals surface area contributed by atoms with Crippen molar-refractivity contribution in [1.29, 1.82) is 0 Å². The minimum absolute atomic E-state index is 0.111. The summed E-state index contributed by atoms with van der Waals surface area (Å²) < 4.78 is 16.6. The number of carbonyl (C=O) groups is 3. The van der Waals surface area contributed by atoms with E-state index in [0.29, 0.717) is 19.3 Å². The molecule has 0 aliphatic rings. The Hall–Kier alpha value is -3.41. The quantitative estimate of drug-likeness (QED) is 0.0202. The summed E-state index contributed by atoms with van der Waals surface area (Å²) in [7, 11) is 0. The smallest absolute Gasteiger partial charge is 0.306 e. The molecule has 0 radical (unpaired) electrons. The molecule has 0 aliphatic carbocycles. The van der Waals surface area contributed by atoms with Crippen molar-refractivity contribution in [3.63, 3.8) is 0 Å². The average molecular weight is 793 g/mol. The number of allylic oxidation sites excluding steroid dienone is 14. The zero-order valence-electron chi connectivity index (χ0n) is 36.8. The Morgan fingerprint density at radius 3 is 1.21 bits per heavy atom. The molecule has 1 atom stereocenters. The van der Waals surface area contributed by atoms with Crippen LogP contribution in [0.5, 0.6) is 0 Å². The fourth-order valence-corrected chi connectivity index (χ4v) is 5.98. The summed E-state index contributed by atoms with van der Waals surface area (Å²) in [4.78, 5) is 37.7. The standard InChI is InChI=1S/C51H84O6/c1-4-7-10-13-16-19-22-24-25-27-29-32-35-38-41-44-50(53)56-47-48(46-55-49(52)43-40-37-34-31-28-21-18-15-12-9-6-3)57-51(54)45-42-39-36-33-30-26-23-20-17-14-11-8-5-2/h8,11,14-15,17-20,22-23,26,30,33,36,48H,4-7,9-10,12-13,16,21,24-25,27-29,31-32,34-35,37-47H2,1-3H3/b11-8-,17-14-,18-15-,22-19-,23-20-,30-26-,36-33-. The lowest BCUT2D eigenvalue weighted by molar-refractivity contribution is -0.167. The van der Waals surface area contributed by atoms with Gasteiger partial charge in [-0.25, -0.2) is 0 Å². The van der Waals surface area contributed by atoms with Gasteiger partial charge in [-0.05, 0) is 77.0 Å².